The molecule has 0 aliphatic carbocycles. The van der Waals surface area contributed by atoms with Gasteiger partial charge in [0.2, 0.25) is 0 Å². The smallest absolute Gasteiger partial charge is 0.115 e. The molecule has 0 bridgehead atoms. The average Bonchev–Trinajstić information content (AvgIpc) is 2.38. The summed E-state index contributed by atoms with van der Waals surface area (Å²) in [6.07, 6.45) is 2.28. The Morgan fingerprint density at radius 1 is 1.11 bits per heavy atom. The Morgan fingerprint density at radius 3 is 2.22 bits per heavy atom. The van der Waals surface area contributed by atoms with Crippen LogP contribution < -0.4 is 0 Å². The maximum absolute atomic E-state index is 9.29. The van der Waals surface area contributed by atoms with Crippen LogP contribution in [-0.2, 0) is 6.42 Å². The molecule has 102 valence electrons. The molecule has 0 amide bonds. The van der Waals surface area contributed by atoms with Crippen LogP contribution in [0.5, 0.6) is 5.75 Å². The van der Waals surface area contributed by atoms with Crippen LogP contribution >= 0.6 is 0 Å². The number of rotatable bonds is 7. The van der Waals surface area contributed by atoms with Gasteiger partial charge in [-0.3, -0.25) is 0 Å². The fourth-order valence-corrected chi connectivity index (χ4v) is 2.25. The van der Waals surface area contributed by atoms with Gasteiger partial charge in [-0.05, 0) is 43.5 Å². The number of benzene rings is 1. The predicted molar refractivity (Wildman–Crippen MR) is 78.0 cm³/mol. The molecule has 0 saturated carbocycles. The van der Waals surface area contributed by atoms with Crippen molar-refractivity contribution in [1.29, 1.82) is 0 Å². The molecular formula is C16H27NO. The molecule has 2 nitrogen and oxygen atoms in total. The minimum Gasteiger partial charge on any atom is -0.508 e. The van der Waals surface area contributed by atoms with Crippen LogP contribution in [0.3, 0.4) is 0 Å². The van der Waals surface area contributed by atoms with Gasteiger partial charge in [-0.15, -0.1) is 0 Å². The topological polar surface area (TPSA) is 23.5 Å². The van der Waals surface area contributed by atoms with Gasteiger partial charge in [0, 0.05) is 12.6 Å². The van der Waals surface area contributed by atoms with Crippen molar-refractivity contribution < 1.29 is 5.11 Å². The van der Waals surface area contributed by atoms with Crippen molar-refractivity contribution in [3.05, 3.63) is 29.8 Å². The van der Waals surface area contributed by atoms with Gasteiger partial charge in [-0.25, -0.2) is 0 Å². The second-order valence-electron chi connectivity index (χ2n) is 5.32. The van der Waals surface area contributed by atoms with E-state index in [0.29, 0.717) is 11.8 Å². The number of aromatic hydroxyl groups is 1. The molecule has 2 heteroatoms. The molecule has 0 heterocycles. The SMILES string of the molecule is CCC(C)CN(CC)C(C)Cc1ccc(O)cc1. The maximum Gasteiger partial charge on any atom is 0.115 e. The highest BCUT2D eigenvalue weighted by Gasteiger charge is 2.14. The van der Waals surface area contributed by atoms with Crippen molar-refractivity contribution in [1.82, 2.24) is 4.90 Å². The zero-order chi connectivity index (χ0) is 13.5. The lowest BCUT2D eigenvalue weighted by molar-refractivity contribution is 0.188. The quantitative estimate of drug-likeness (QED) is 0.796. The lowest BCUT2D eigenvalue weighted by Crippen LogP contribution is -2.37. The fraction of sp³-hybridized carbons (Fsp3) is 0.625. The molecule has 1 aromatic carbocycles. The second kappa shape index (κ2) is 7.42. The summed E-state index contributed by atoms with van der Waals surface area (Å²) in [4.78, 5) is 2.54. The first-order chi connectivity index (χ1) is 8.56. The first kappa shape index (κ1) is 15.0. The number of likely N-dealkylation sites (N-methyl/N-ethyl adjacent to an activating group) is 1. The monoisotopic (exact) mass is 249 g/mol. The van der Waals surface area contributed by atoms with Crippen LogP contribution in [0.15, 0.2) is 24.3 Å². The Kier molecular flexibility index (Phi) is 6.20. The molecule has 0 saturated heterocycles. The summed E-state index contributed by atoms with van der Waals surface area (Å²) in [5.41, 5.74) is 1.29. The summed E-state index contributed by atoms with van der Waals surface area (Å²) in [6.45, 7) is 11.4. The Morgan fingerprint density at radius 2 is 1.72 bits per heavy atom. The summed E-state index contributed by atoms with van der Waals surface area (Å²) < 4.78 is 0. The van der Waals surface area contributed by atoms with Gasteiger partial charge in [0.15, 0.2) is 0 Å². The van der Waals surface area contributed by atoms with Crippen LogP contribution in [0.1, 0.15) is 39.7 Å². The molecule has 0 spiro atoms. The summed E-state index contributed by atoms with van der Waals surface area (Å²) in [6, 6.07) is 8.12. The Labute approximate surface area is 112 Å². The molecule has 1 N–H and O–H groups in total. The van der Waals surface area contributed by atoms with E-state index in [1.54, 1.807) is 12.1 Å². The van der Waals surface area contributed by atoms with Gasteiger partial charge < -0.3 is 10.0 Å². The van der Waals surface area contributed by atoms with E-state index in [1.165, 1.54) is 18.5 Å². The van der Waals surface area contributed by atoms with Gasteiger partial charge >= 0.3 is 0 Å². The highest BCUT2D eigenvalue weighted by atomic mass is 16.3. The number of nitrogens with zero attached hydrogens (tertiary/aromatic N) is 1. The number of phenols is 1. The van der Waals surface area contributed by atoms with Crippen molar-refractivity contribution in [2.24, 2.45) is 5.92 Å². The third kappa shape index (κ3) is 4.69. The van der Waals surface area contributed by atoms with Gasteiger partial charge in [0.25, 0.3) is 0 Å². The van der Waals surface area contributed by atoms with Gasteiger partial charge in [-0.1, -0.05) is 39.3 Å². The average molecular weight is 249 g/mol. The van der Waals surface area contributed by atoms with Crippen LogP contribution in [0.25, 0.3) is 0 Å². The number of hydrogen-bond acceptors (Lipinski definition) is 2. The summed E-state index contributed by atoms with van der Waals surface area (Å²) in [5.74, 6) is 1.10. The molecule has 0 aliphatic heterocycles. The lowest BCUT2D eigenvalue weighted by Gasteiger charge is -2.30. The zero-order valence-corrected chi connectivity index (χ0v) is 12.2. The van der Waals surface area contributed by atoms with Crippen molar-refractivity contribution in [3.8, 4) is 5.75 Å². The zero-order valence-electron chi connectivity index (χ0n) is 12.2. The second-order valence-corrected chi connectivity index (χ2v) is 5.32. The third-order valence-electron chi connectivity index (χ3n) is 3.74. The normalized spacial score (nSPS) is 14.7. The first-order valence-corrected chi connectivity index (χ1v) is 7.08. The highest BCUT2D eigenvalue weighted by Crippen LogP contribution is 2.15. The van der Waals surface area contributed by atoms with E-state index >= 15 is 0 Å². The fourth-order valence-electron chi connectivity index (χ4n) is 2.25. The maximum atomic E-state index is 9.29. The van der Waals surface area contributed by atoms with Gasteiger partial charge in [0.05, 0.1) is 0 Å². The Hall–Kier alpha value is -1.02. The van der Waals surface area contributed by atoms with Gasteiger partial charge in [0.1, 0.15) is 5.75 Å². The molecule has 1 aromatic rings. The van der Waals surface area contributed by atoms with E-state index in [1.807, 2.05) is 12.1 Å². The number of phenolic OH excluding ortho intramolecular Hbond substituents is 1. The molecule has 2 unspecified atom stereocenters. The van der Waals surface area contributed by atoms with Crippen molar-refractivity contribution in [2.75, 3.05) is 13.1 Å². The minimum atomic E-state index is 0.346. The van der Waals surface area contributed by atoms with E-state index in [-0.39, 0.29) is 0 Å². The van der Waals surface area contributed by atoms with Crippen LogP contribution in [-0.4, -0.2) is 29.1 Å². The largest absolute Gasteiger partial charge is 0.508 e. The molecule has 0 aliphatic rings. The van der Waals surface area contributed by atoms with Gasteiger partial charge in [-0.2, -0.15) is 0 Å². The van der Waals surface area contributed by atoms with Crippen molar-refractivity contribution >= 4 is 0 Å². The van der Waals surface area contributed by atoms with Crippen LogP contribution in [0, 0.1) is 5.92 Å². The van der Waals surface area contributed by atoms with E-state index in [2.05, 4.69) is 32.6 Å². The van der Waals surface area contributed by atoms with Crippen LogP contribution in [0.4, 0.5) is 0 Å². The van der Waals surface area contributed by atoms with Crippen molar-refractivity contribution in [3.63, 3.8) is 0 Å². The molecule has 18 heavy (non-hydrogen) atoms. The van der Waals surface area contributed by atoms with E-state index in [4.69, 9.17) is 0 Å². The van der Waals surface area contributed by atoms with E-state index < -0.39 is 0 Å². The highest BCUT2D eigenvalue weighted by molar-refractivity contribution is 5.26. The Bertz CT molecular complexity index is 333. The molecule has 1 rings (SSSR count). The molecule has 0 aromatic heterocycles. The van der Waals surface area contributed by atoms with Crippen LogP contribution in [0.2, 0.25) is 0 Å². The minimum absolute atomic E-state index is 0.346. The Balaban J connectivity index is 2.56. The van der Waals surface area contributed by atoms with E-state index in [9.17, 15) is 5.11 Å². The predicted octanol–water partition coefficient (Wildman–Crippen LogP) is 3.69. The standard InChI is InChI=1S/C16H27NO/c1-5-13(3)12-17(6-2)14(4)11-15-7-9-16(18)10-8-15/h7-10,13-14,18H,5-6,11-12H2,1-4H3. The first-order valence-electron chi connectivity index (χ1n) is 7.08. The molecule has 0 fully saturated rings. The lowest BCUT2D eigenvalue weighted by atomic mass is 10.0. The summed E-state index contributed by atoms with van der Waals surface area (Å²) >= 11 is 0. The summed E-state index contributed by atoms with van der Waals surface area (Å²) in [5, 5.41) is 9.29. The number of hydrogen-bond donors (Lipinski definition) is 1. The molecule has 2 atom stereocenters. The molecular weight excluding hydrogens is 222 g/mol. The third-order valence-corrected chi connectivity index (χ3v) is 3.74. The van der Waals surface area contributed by atoms with E-state index in [0.717, 1.165) is 18.9 Å². The summed E-state index contributed by atoms with van der Waals surface area (Å²) in [7, 11) is 0. The van der Waals surface area contributed by atoms with Crippen molar-refractivity contribution in [2.45, 2.75) is 46.6 Å². The molecule has 0 radical (unpaired) electrons.